The van der Waals surface area contributed by atoms with Gasteiger partial charge in [0.25, 0.3) is 10.0 Å². The van der Waals surface area contributed by atoms with Gasteiger partial charge in [0.15, 0.2) is 11.5 Å². The Balaban J connectivity index is 2.08. The number of likely N-dealkylation sites (N-methyl/N-ethyl adjacent to an activating group) is 1. The second-order valence-electron chi connectivity index (χ2n) is 8.38. The molecule has 0 aromatic heterocycles. The van der Waals surface area contributed by atoms with Crippen LogP contribution in [0.3, 0.4) is 0 Å². The number of para-hydroxylation sites is 1. The maximum Gasteiger partial charge on any atom is 0.264 e. The smallest absolute Gasteiger partial charge is 0.264 e. The molecule has 9 nitrogen and oxygen atoms in total. The van der Waals surface area contributed by atoms with Crippen LogP contribution in [0.4, 0.5) is 5.69 Å². The molecule has 12 heteroatoms. The fourth-order valence-corrected chi connectivity index (χ4v) is 5.82. The molecule has 3 aromatic rings. The summed E-state index contributed by atoms with van der Waals surface area (Å²) in [5.41, 5.74) is 0.683. The van der Waals surface area contributed by atoms with Crippen LogP contribution in [0, 0.1) is 0 Å². The normalized spacial score (nSPS) is 11.8. The third kappa shape index (κ3) is 6.76. The van der Waals surface area contributed by atoms with Gasteiger partial charge in [0.05, 0.1) is 24.8 Å². The first-order valence-electron chi connectivity index (χ1n) is 11.8. The van der Waals surface area contributed by atoms with Gasteiger partial charge in [-0.25, -0.2) is 8.42 Å². The maximum atomic E-state index is 13.9. The molecule has 3 rings (SSSR count). The Morgan fingerprint density at radius 3 is 2.10 bits per heavy atom. The van der Waals surface area contributed by atoms with E-state index < -0.39 is 34.4 Å². The first-order valence-corrected chi connectivity index (χ1v) is 14.0. The van der Waals surface area contributed by atoms with Crippen LogP contribution in [0.1, 0.15) is 12.5 Å². The Hall–Kier alpha value is -3.47. The molecule has 0 radical (unpaired) electrons. The Morgan fingerprint density at radius 1 is 0.923 bits per heavy atom. The number of nitrogens with one attached hydrogen (secondary N) is 1. The molecule has 0 spiro atoms. The van der Waals surface area contributed by atoms with E-state index in [1.165, 1.54) is 51.3 Å². The molecule has 0 aliphatic carbocycles. The van der Waals surface area contributed by atoms with Crippen LogP contribution < -0.4 is 19.1 Å². The van der Waals surface area contributed by atoms with Gasteiger partial charge in [0, 0.05) is 35.3 Å². The number of hydrogen-bond donors (Lipinski definition) is 1. The number of nitrogens with zero attached hydrogens (tertiary/aromatic N) is 2. The molecule has 0 heterocycles. The van der Waals surface area contributed by atoms with Crippen molar-refractivity contribution in [3.8, 4) is 11.5 Å². The lowest BCUT2D eigenvalue weighted by molar-refractivity contribution is -0.139. The summed E-state index contributed by atoms with van der Waals surface area (Å²) in [5.74, 6) is -0.530. The van der Waals surface area contributed by atoms with E-state index >= 15 is 0 Å². The van der Waals surface area contributed by atoms with Gasteiger partial charge in [-0.1, -0.05) is 47.5 Å². The van der Waals surface area contributed by atoms with E-state index in [0.29, 0.717) is 21.4 Å². The molecule has 1 atom stereocenters. The zero-order valence-electron chi connectivity index (χ0n) is 21.9. The number of anilines is 1. The first kappa shape index (κ1) is 30.1. The number of hydrogen-bond acceptors (Lipinski definition) is 6. The summed E-state index contributed by atoms with van der Waals surface area (Å²) in [6.45, 7) is 0.812. The minimum atomic E-state index is -4.28. The number of amides is 2. The van der Waals surface area contributed by atoms with Crippen molar-refractivity contribution < 1.29 is 27.5 Å². The molecule has 0 fully saturated rings. The summed E-state index contributed by atoms with van der Waals surface area (Å²) in [5, 5.41) is 3.14. The van der Waals surface area contributed by atoms with Crippen molar-refractivity contribution in [3.05, 3.63) is 82.3 Å². The molecule has 1 N–H and O–H groups in total. The monoisotopic (exact) mass is 593 g/mol. The van der Waals surface area contributed by atoms with Gasteiger partial charge in [0.1, 0.15) is 12.6 Å². The molecule has 0 bridgehead atoms. The van der Waals surface area contributed by atoms with Gasteiger partial charge in [-0.2, -0.15) is 0 Å². The summed E-state index contributed by atoms with van der Waals surface area (Å²) in [4.78, 5) is 27.5. The summed E-state index contributed by atoms with van der Waals surface area (Å²) in [7, 11) is -0.00480. The number of methoxy groups -OCH3 is 2. The Labute approximate surface area is 238 Å². The predicted octanol–water partition coefficient (Wildman–Crippen LogP) is 4.37. The summed E-state index contributed by atoms with van der Waals surface area (Å²) < 4.78 is 39.3. The lowest BCUT2D eigenvalue weighted by atomic mass is 10.1. The molecular formula is C27H29Cl2N3O6S. The number of carbonyl (C=O) groups is 2. The fraction of sp³-hybridized carbons (Fsp3) is 0.259. The fourth-order valence-electron chi connectivity index (χ4n) is 3.87. The Bertz CT molecular complexity index is 1420. The number of halogens is 2. The van der Waals surface area contributed by atoms with Gasteiger partial charge in [-0.05, 0) is 43.3 Å². The van der Waals surface area contributed by atoms with Gasteiger partial charge >= 0.3 is 0 Å². The van der Waals surface area contributed by atoms with E-state index in [0.717, 1.165) is 4.31 Å². The minimum absolute atomic E-state index is 0.114. The second-order valence-corrected chi connectivity index (χ2v) is 11.1. The highest BCUT2D eigenvalue weighted by Crippen LogP contribution is 2.33. The lowest BCUT2D eigenvalue weighted by Crippen LogP contribution is -2.50. The number of benzene rings is 3. The van der Waals surface area contributed by atoms with Crippen molar-refractivity contribution in [2.45, 2.75) is 24.4 Å². The summed E-state index contributed by atoms with van der Waals surface area (Å²) >= 11 is 12.7. The SMILES string of the molecule is CNC(=O)[C@H](C)N(Cc1c(Cl)cccc1Cl)C(=O)CN(c1ccccc1)S(=O)(=O)c1ccc(OC)c(OC)c1. The average molecular weight is 595 g/mol. The van der Waals surface area contributed by atoms with Gasteiger partial charge in [-0.15, -0.1) is 0 Å². The third-order valence-corrected chi connectivity index (χ3v) is 8.55. The van der Waals surface area contributed by atoms with E-state index in [-0.39, 0.29) is 22.9 Å². The van der Waals surface area contributed by atoms with Crippen molar-refractivity contribution in [3.63, 3.8) is 0 Å². The average Bonchev–Trinajstić information content (AvgIpc) is 2.94. The zero-order valence-corrected chi connectivity index (χ0v) is 24.2. The highest BCUT2D eigenvalue weighted by atomic mass is 35.5. The van der Waals surface area contributed by atoms with E-state index in [9.17, 15) is 18.0 Å². The van der Waals surface area contributed by atoms with Crippen molar-refractivity contribution in [1.82, 2.24) is 10.2 Å². The van der Waals surface area contributed by atoms with Gasteiger partial charge < -0.3 is 19.7 Å². The predicted molar refractivity (Wildman–Crippen MR) is 151 cm³/mol. The van der Waals surface area contributed by atoms with Crippen LogP contribution in [0.15, 0.2) is 71.6 Å². The molecule has 0 unspecified atom stereocenters. The molecule has 208 valence electrons. The molecule has 0 saturated heterocycles. The molecule has 39 heavy (non-hydrogen) atoms. The minimum Gasteiger partial charge on any atom is -0.493 e. The number of ether oxygens (including phenoxy) is 2. The van der Waals surface area contributed by atoms with Crippen LogP contribution in [0.2, 0.25) is 10.0 Å². The van der Waals surface area contributed by atoms with E-state index in [1.54, 1.807) is 48.5 Å². The number of rotatable bonds is 11. The van der Waals surface area contributed by atoms with Crippen molar-refractivity contribution in [2.75, 3.05) is 32.1 Å². The largest absolute Gasteiger partial charge is 0.493 e. The number of carbonyl (C=O) groups excluding carboxylic acids is 2. The summed E-state index contributed by atoms with van der Waals surface area (Å²) in [6, 6.07) is 16.3. The van der Waals surface area contributed by atoms with E-state index in [4.69, 9.17) is 32.7 Å². The molecule has 2 amide bonds. The molecular weight excluding hydrogens is 565 g/mol. The van der Waals surface area contributed by atoms with Crippen LogP contribution in [-0.2, 0) is 26.2 Å². The second kappa shape index (κ2) is 13.1. The summed E-state index contributed by atoms with van der Waals surface area (Å²) in [6.07, 6.45) is 0. The Morgan fingerprint density at radius 2 is 1.54 bits per heavy atom. The van der Waals surface area contributed by atoms with E-state index in [2.05, 4.69) is 5.32 Å². The zero-order chi connectivity index (χ0) is 28.7. The molecule has 0 aliphatic heterocycles. The highest BCUT2D eigenvalue weighted by Gasteiger charge is 2.33. The van der Waals surface area contributed by atoms with Crippen molar-refractivity contribution in [2.24, 2.45) is 0 Å². The maximum absolute atomic E-state index is 13.9. The Kier molecular flexibility index (Phi) is 10.1. The van der Waals surface area contributed by atoms with Gasteiger partial charge in [0.2, 0.25) is 11.8 Å². The molecule has 0 aliphatic rings. The van der Waals surface area contributed by atoms with Crippen LogP contribution >= 0.6 is 23.2 Å². The lowest BCUT2D eigenvalue weighted by Gasteiger charge is -2.32. The topological polar surface area (TPSA) is 105 Å². The highest BCUT2D eigenvalue weighted by molar-refractivity contribution is 7.92. The van der Waals surface area contributed by atoms with Crippen LogP contribution in [0.25, 0.3) is 0 Å². The number of sulfonamides is 1. The third-order valence-electron chi connectivity index (χ3n) is 6.07. The van der Waals surface area contributed by atoms with Crippen molar-refractivity contribution in [1.29, 1.82) is 0 Å². The van der Waals surface area contributed by atoms with Crippen molar-refractivity contribution >= 4 is 50.7 Å². The van der Waals surface area contributed by atoms with Gasteiger partial charge in [-0.3, -0.25) is 13.9 Å². The van der Waals surface area contributed by atoms with E-state index in [1.807, 2.05) is 0 Å². The van der Waals surface area contributed by atoms with Crippen LogP contribution in [0.5, 0.6) is 11.5 Å². The molecule has 3 aromatic carbocycles. The molecule has 0 saturated carbocycles. The quantitative estimate of drug-likeness (QED) is 0.354. The first-order chi connectivity index (χ1) is 18.5. The van der Waals surface area contributed by atoms with Crippen LogP contribution in [-0.4, -0.2) is 59.0 Å². The standard InChI is InChI=1S/C27H29Cl2N3O6S/c1-18(27(34)30-2)31(16-21-22(28)11-8-12-23(21)29)26(33)17-32(19-9-6-5-7-10-19)39(35,36)20-13-14-24(37-3)25(15-20)38-4/h5-15,18H,16-17H2,1-4H3,(H,30,34)/t18-/m0/s1.